The smallest absolute Gasteiger partial charge is 0.270 e. The molecule has 0 spiro atoms. The number of nitrogens with two attached hydrogens (primary N) is 1. The number of nitrogens with one attached hydrogen (secondary N) is 1. The number of hydrogen-bond donors (Lipinski definition) is 2. The third kappa shape index (κ3) is 1.59. The molecule has 0 aliphatic heterocycles. The quantitative estimate of drug-likeness (QED) is 0.851. The van der Waals surface area contributed by atoms with Gasteiger partial charge in [0.1, 0.15) is 0 Å². The van der Waals surface area contributed by atoms with E-state index in [-0.39, 0.29) is 5.56 Å². The zero-order chi connectivity index (χ0) is 13.1. The van der Waals surface area contributed by atoms with Crippen molar-refractivity contribution in [2.45, 2.75) is 44.6 Å². The van der Waals surface area contributed by atoms with Crippen molar-refractivity contribution < 1.29 is 0 Å². The van der Waals surface area contributed by atoms with Crippen LogP contribution in [-0.2, 0) is 13.6 Å². The predicted octanol–water partition coefficient (Wildman–Crippen LogP) is 1.71. The van der Waals surface area contributed by atoms with E-state index in [1.54, 1.807) is 11.7 Å². The highest BCUT2D eigenvalue weighted by Gasteiger charge is 2.49. The summed E-state index contributed by atoms with van der Waals surface area (Å²) >= 11 is 0. The second-order valence-corrected chi connectivity index (χ2v) is 7.03. The minimum Gasteiger partial charge on any atom is -0.326 e. The lowest BCUT2D eigenvalue weighted by molar-refractivity contribution is -0.00457. The van der Waals surface area contributed by atoms with Gasteiger partial charge < -0.3 is 5.73 Å². The van der Waals surface area contributed by atoms with E-state index in [9.17, 15) is 4.79 Å². The molecule has 0 saturated heterocycles. The van der Waals surface area contributed by atoms with Gasteiger partial charge in [0.25, 0.3) is 5.56 Å². The lowest BCUT2D eigenvalue weighted by atomic mass is 9.51. The molecule has 0 unspecified atom stereocenters. The molecule has 5 rings (SSSR count). The van der Waals surface area contributed by atoms with Gasteiger partial charge in [0.05, 0.1) is 5.56 Å². The zero-order valence-corrected chi connectivity index (χ0v) is 11.6. The zero-order valence-electron chi connectivity index (χ0n) is 11.6. The number of hydrogen-bond acceptors (Lipinski definition) is 2. The highest BCUT2D eigenvalue weighted by Crippen LogP contribution is 2.59. The van der Waals surface area contributed by atoms with Gasteiger partial charge in [-0.2, -0.15) is 0 Å². The van der Waals surface area contributed by atoms with Gasteiger partial charge in [-0.25, -0.2) is 0 Å². The van der Waals surface area contributed by atoms with E-state index in [0.29, 0.717) is 12.5 Å². The maximum atomic E-state index is 12.1. The molecule has 1 heterocycles. The third-order valence-electron chi connectivity index (χ3n) is 5.94. The first-order chi connectivity index (χ1) is 9.17. The Labute approximate surface area is 113 Å². The Morgan fingerprint density at radius 3 is 2.26 bits per heavy atom. The van der Waals surface area contributed by atoms with E-state index < -0.39 is 0 Å². The SMILES string of the molecule is Cn1[nH]c(C2C3CC4CC(C3)CC2C4)c(CN)c1=O. The van der Waals surface area contributed by atoms with E-state index in [1.807, 2.05) is 0 Å². The van der Waals surface area contributed by atoms with Crippen molar-refractivity contribution in [1.29, 1.82) is 0 Å². The molecular weight excluding hydrogens is 238 g/mol. The molecule has 4 heteroatoms. The van der Waals surface area contributed by atoms with Crippen molar-refractivity contribution in [2.24, 2.45) is 36.5 Å². The summed E-state index contributed by atoms with van der Waals surface area (Å²) in [6.45, 7) is 0.369. The maximum absolute atomic E-state index is 12.1. The molecule has 4 saturated carbocycles. The van der Waals surface area contributed by atoms with E-state index in [2.05, 4.69) is 5.10 Å². The van der Waals surface area contributed by atoms with E-state index >= 15 is 0 Å². The van der Waals surface area contributed by atoms with Crippen LogP contribution in [0.4, 0.5) is 0 Å². The summed E-state index contributed by atoms with van der Waals surface area (Å²) in [6, 6.07) is 0. The number of H-pyrrole nitrogens is 1. The van der Waals surface area contributed by atoms with Crippen LogP contribution in [0.3, 0.4) is 0 Å². The molecule has 19 heavy (non-hydrogen) atoms. The molecule has 4 nitrogen and oxygen atoms in total. The lowest BCUT2D eigenvalue weighted by Crippen LogP contribution is -2.44. The molecule has 0 atom stereocenters. The molecule has 4 aliphatic rings. The Balaban J connectivity index is 1.77. The Kier molecular flexibility index (Phi) is 2.47. The first kappa shape index (κ1) is 11.8. The summed E-state index contributed by atoms with van der Waals surface area (Å²) in [4.78, 5) is 12.1. The second-order valence-electron chi connectivity index (χ2n) is 7.03. The van der Waals surface area contributed by atoms with Gasteiger partial charge in [-0.05, 0) is 55.8 Å². The molecule has 1 aromatic rings. The van der Waals surface area contributed by atoms with Crippen molar-refractivity contribution in [3.05, 3.63) is 21.6 Å². The van der Waals surface area contributed by atoms with Gasteiger partial charge in [0.2, 0.25) is 0 Å². The van der Waals surface area contributed by atoms with Crippen LogP contribution in [0.2, 0.25) is 0 Å². The van der Waals surface area contributed by atoms with Gasteiger partial charge in [0, 0.05) is 25.2 Å². The lowest BCUT2D eigenvalue weighted by Gasteiger charge is -2.54. The van der Waals surface area contributed by atoms with Crippen molar-refractivity contribution in [3.8, 4) is 0 Å². The van der Waals surface area contributed by atoms with Crippen LogP contribution in [-0.4, -0.2) is 9.78 Å². The van der Waals surface area contributed by atoms with Gasteiger partial charge in [-0.1, -0.05) is 0 Å². The topological polar surface area (TPSA) is 63.8 Å². The number of aryl methyl sites for hydroxylation is 1. The van der Waals surface area contributed by atoms with E-state index in [0.717, 1.165) is 29.2 Å². The van der Waals surface area contributed by atoms with Crippen molar-refractivity contribution >= 4 is 0 Å². The summed E-state index contributed by atoms with van der Waals surface area (Å²) < 4.78 is 1.61. The first-order valence-corrected chi connectivity index (χ1v) is 7.65. The average Bonchev–Trinajstić information content (AvgIpc) is 2.64. The minimum absolute atomic E-state index is 0.0753. The molecule has 4 bridgehead atoms. The molecule has 1 aromatic heterocycles. The van der Waals surface area contributed by atoms with Crippen LogP contribution in [0.5, 0.6) is 0 Å². The van der Waals surface area contributed by atoms with Crippen LogP contribution in [0, 0.1) is 23.7 Å². The molecule has 104 valence electrons. The summed E-state index contributed by atoms with van der Waals surface area (Å²) in [7, 11) is 1.81. The summed E-state index contributed by atoms with van der Waals surface area (Å²) in [5, 5.41) is 3.32. The molecular formula is C15H23N3O. The van der Waals surface area contributed by atoms with Crippen molar-refractivity contribution in [2.75, 3.05) is 0 Å². The average molecular weight is 261 g/mol. The fourth-order valence-electron chi connectivity index (χ4n) is 5.49. The number of nitrogens with zero attached hydrogens (tertiary/aromatic N) is 1. The van der Waals surface area contributed by atoms with Crippen LogP contribution < -0.4 is 11.3 Å². The van der Waals surface area contributed by atoms with Crippen LogP contribution in [0.25, 0.3) is 0 Å². The summed E-state index contributed by atoms with van der Waals surface area (Å²) in [5.74, 6) is 4.09. The Bertz CT molecular complexity index is 528. The maximum Gasteiger partial charge on any atom is 0.270 e. The molecule has 0 radical (unpaired) electrons. The normalized spacial score (nSPS) is 40.0. The summed E-state index contributed by atoms with van der Waals surface area (Å²) in [6.07, 6.45) is 6.96. The molecule has 0 amide bonds. The molecule has 4 aliphatic carbocycles. The number of aromatic nitrogens is 2. The number of rotatable bonds is 2. The molecule has 3 N–H and O–H groups in total. The third-order valence-corrected chi connectivity index (χ3v) is 5.94. The Hall–Kier alpha value is -1.03. The largest absolute Gasteiger partial charge is 0.326 e. The predicted molar refractivity (Wildman–Crippen MR) is 73.7 cm³/mol. The van der Waals surface area contributed by atoms with Gasteiger partial charge in [-0.15, -0.1) is 0 Å². The van der Waals surface area contributed by atoms with E-state index in [4.69, 9.17) is 5.73 Å². The fraction of sp³-hybridized carbons (Fsp3) is 0.800. The van der Waals surface area contributed by atoms with Crippen molar-refractivity contribution in [3.63, 3.8) is 0 Å². The van der Waals surface area contributed by atoms with E-state index in [1.165, 1.54) is 37.8 Å². The fourth-order valence-corrected chi connectivity index (χ4v) is 5.49. The second kappa shape index (κ2) is 3.98. The standard InChI is InChI=1S/C15H23N3O/c1-18-15(19)12(7-16)14(17-18)13-10-3-8-2-9(5-10)6-11(13)4-8/h8-11,13,17H,2-7,16H2,1H3. The summed E-state index contributed by atoms with van der Waals surface area (Å²) in [5.41, 5.74) is 7.90. The van der Waals surface area contributed by atoms with Crippen LogP contribution >= 0.6 is 0 Å². The monoisotopic (exact) mass is 261 g/mol. The molecule has 4 fully saturated rings. The first-order valence-electron chi connectivity index (χ1n) is 7.65. The van der Waals surface area contributed by atoms with Gasteiger partial charge in [0.15, 0.2) is 0 Å². The molecule has 0 aromatic carbocycles. The Morgan fingerprint density at radius 2 is 1.74 bits per heavy atom. The Morgan fingerprint density at radius 1 is 1.16 bits per heavy atom. The number of aromatic amines is 1. The van der Waals surface area contributed by atoms with Crippen LogP contribution in [0.1, 0.15) is 49.3 Å². The van der Waals surface area contributed by atoms with Gasteiger partial charge in [-0.3, -0.25) is 14.6 Å². The minimum atomic E-state index is 0.0753. The van der Waals surface area contributed by atoms with Crippen molar-refractivity contribution in [1.82, 2.24) is 9.78 Å². The highest BCUT2D eigenvalue weighted by atomic mass is 16.1. The highest BCUT2D eigenvalue weighted by molar-refractivity contribution is 5.25. The van der Waals surface area contributed by atoms with Crippen LogP contribution in [0.15, 0.2) is 4.79 Å². The van der Waals surface area contributed by atoms with Gasteiger partial charge >= 0.3 is 0 Å².